The van der Waals surface area contributed by atoms with Crippen molar-refractivity contribution in [2.75, 3.05) is 0 Å². The maximum Gasteiger partial charge on any atom is -0.0135 e. The van der Waals surface area contributed by atoms with Crippen molar-refractivity contribution >= 4 is 0 Å². The molecule has 0 bridgehead atoms. The Kier molecular flexibility index (Phi) is 3.32. The lowest BCUT2D eigenvalue weighted by Gasteiger charge is -2.24. The summed E-state index contributed by atoms with van der Waals surface area (Å²) in [6.45, 7) is 17.1. The van der Waals surface area contributed by atoms with E-state index in [1.165, 1.54) is 5.57 Å². The van der Waals surface area contributed by atoms with E-state index in [0.29, 0.717) is 0 Å². The minimum atomic E-state index is 0.217. The molecule has 0 amide bonds. The van der Waals surface area contributed by atoms with Gasteiger partial charge < -0.3 is 0 Å². The topological polar surface area (TPSA) is 0 Å². The molecule has 0 radical (unpaired) electrons. The van der Waals surface area contributed by atoms with Gasteiger partial charge in [0.15, 0.2) is 0 Å². The molecular weight excluding hydrogens is 144 g/mol. The van der Waals surface area contributed by atoms with Gasteiger partial charge in [0.2, 0.25) is 0 Å². The van der Waals surface area contributed by atoms with Crippen molar-refractivity contribution in [2.45, 2.75) is 41.5 Å². The van der Waals surface area contributed by atoms with Gasteiger partial charge >= 0.3 is 0 Å². The summed E-state index contributed by atoms with van der Waals surface area (Å²) in [5.74, 6) is 0. The number of rotatable bonds is 1. The normalized spacial score (nSPS) is 14.7. The fraction of sp³-hybridized carbons (Fsp3) is 0.667. The lowest BCUT2D eigenvalue weighted by molar-refractivity contribution is 0.481. The molecule has 0 spiro atoms. The van der Waals surface area contributed by atoms with Crippen LogP contribution < -0.4 is 0 Å². The average molecular weight is 166 g/mol. The second-order valence-corrected chi connectivity index (χ2v) is 5.42. The highest BCUT2D eigenvalue weighted by Crippen LogP contribution is 2.30. The predicted molar refractivity (Wildman–Crippen MR) is 57.2 cm³/mol. The van der Waals surface area contributed by atoms with Crippen LogP contribution in [0.25, 0.3) is 0 Å². The van der Waals surface area contributed by atoms with E-state index in [9.17, 15) is 0 Å². The predicted octanol–water partition coefficient (Wildman–Crippen LogP) is 4.19. The Bertz CT molecular complexity index is 181. The molecule has 0 aromatic carbocycles. The summed E-state index contributed by atoms with van der Waals surface area (Å²) >= 11 is 0. The van der Waals surface area contributed by atoms with Crippen LogP contribution in [0.15, 0.2) is 24.3 Å². The minimum absolute atomic E-state index is 0.217. The van der Waals surface area contributed by atoms with E-state index >= 15 is 0 Å². The van der Waals surface area contributed by atoms with Crippen LogP contribution in [-0.4, -0.2) is 0 Å². The van der Waals surface area contributed by atoms with Crippen LogP contribution in [0.5, 0.6) is 0 Å². The quantitative estimate of drug-likeness (QED) is 0.512. The van der Waals surface area contributed by atoms with Crippen molar-refractivity contribution in [1.29, 1.82) is 0 Å². The lowest BCUT2D eigenvalue weighted by Crippen LogP contribution is -2.11. The van der Waals surface area contributed by atoms with Crippen molar-refractivity contribution in [3.63, 3.8) is 0 Å². The van der Waals surface area contributed by atoms with Crippen LogP contribution in [0.3, 0.4) is 0 Å². The zero-order chi connectivity index (χ0) is 9.99. The molecule has 0 heterocycles. The molecule has 0 saturated heterocycles. The van der Waals surface area contributed by atoms with Gasteiger partial charge in [-0.2, -0.15) is 0 Å². The van der Waals surface area contributed by atoms with Gasteiger partial charge in [0.05, 0.1) is 0 Å². The van der Waals surface area contributed by atoms with Gasteiger partial charge in [0.1, 0.15) is 0 Å². The van der Waals surface area contributed by atoms with E-state index in [0.717, 1.165) is 0 Å². The van der Waals surface area contributed by atoms with E-state index in [2.05, 4.69) is 54.2 Å². The zero-order valence-corrected chi connectivity index (χ0v) is 9.36. The molecule has 0 nitrogen and oxygen atoms in total. The molecule has 0 aliphatic heterocycles. The van der Waals surface area contributed by atoms with Crippen LogP contribution in [0.1, 0.15) is 41.5 Å². The fourth-order valence-electron chi connectivity index (χ4n) is 1.05. The molecule has 0 rings (SSSR count). The first-order valence-electron chi connectivity index (χ1n) is 4.52. The first kappa shape index (κ1) is 11.5. The maximum absolute atomic E-state index is 3.84. The first-order valence-corrected chi connectivity index (χ1v) is 4.52. The standard InChI is InChI=1S/C12H22/c1-8-10(12(5,6)7)9-11(2,3)4/h8-9H,1H2,2-7H3. The summed E-state index contributed by atoms with van der Waals surface area (Å²) in [4.78, 5) is 0. The summed E-state index contributed by atoms with van der Waals surface area (Å²) in [7, 11) is 0. The third-order valence-corrected chi connectivity index (χ3v) is 1.67. The highest BCUT2D eigenvalue weighted by atomic mass is 14.2. The summed E-state index contributed by atoms with van der Waals surface area (Å²) < 4.78 is 0. The highest BCUT2D eigenvalue weighted by Gasteiger charge is 2.17. The Balaban J connectivity index is 4.81. The van der Waals surface area contributed by atoms with E-state index in [-0.39, 0.29) is 10.8 Å². The monoisotopic (exact) mass is 166 g/mol. The van der Waals surface area contributed by atoms with Gasteiger partial charge in [-0.1, -0.05) is 60.3 Å². The molecule has 70 valence electrons. The van der Waals surface area contributed by atoms with Gasteiger partial charge in [0.25, 0.3) is 0 Å². The van der Waals surface area contributed by atoms with Gasteiger partial charge in [-0.15, -0.1) is 0 Å². The minimum Gasteiger partial charge on any atom is -0.0988 e. The molecule has 0 fully saturated rings. The Labute approximate surface area is 77.4 Å². The van der Waals surface area contributed by atoms with E-state index in [4.69, 9.17) is 0 Å². The Morgan fingerprint density at radius 3 is 1.50 bits per heavy atom. The third kappa shape index (κ3) is 4.38. The summed E-state index contributed by atoms with van der Waals surface area (Å²) in [6, 6.07) is 0. The molecule has 12 heavy (non-hydrogen) atoms. The molecule has 0 aromatic heterocycles. The molecule has 0 heteroatoms. The van der Waals surface area contributed by atoms with Gasteiger partial charge in [-0.3, -0.25) is 0 Å². The van der Waals surface area contributed by atoms with E-state index < -0.39 is 0 Å². The SMILES string of the molecule is C=CC(=CC(C)(C)C)C(C)(C)C. The molecule has 0 aliphatic rings. The van der Waals surface area contributed by atoms with Gasteiger partial charge in [0, 0.05) is 0 Å². The summed E-state index contributed by atoms with van der Waals surface area (Å²) in [5.41, 5.74) is 1.79. The maximum atomic E-state index is 3.84. The second kappa shape index (κ2) is 3.47. The lowest BCUT2D eigenvalue weighted by atomic mass is 9.81. The van der Waals surface area contributed by atoms with Crippen LogP contribution in [0.2, 0.25) is 0 Å². The first-order chi connectivity index (χ1) is 5.17. The molecular formula is C12H22. The summed E-state index contributed by atoms with van der Waals surface area (Å²) in [6.07, 6.45) is 4.26. The fourth-order valence-corrected chi connectivity index (χ4v) is 1.05. The zero-order valence-electron chi connectivity index (χ0n) is 9.36. The molecule has 0 unspecified atom stereocenters. The molecule has 0 aliphatic carbocycles. The number of allylic oxidation sites excluding steroid dienone is 3. The van der Waals surface area contributed by atoms with Crippen molar-refractivity contribution in [2.24, 2.45) is 10.8 Å². The Hall–Kier alpha value is -0.520. The molecule has 0 atom stereocenters. The highest BCUT2D eigenvalue weighted by molar-refractivity contribution is 5.24. The van der Waals surface area contributed by atoms with Gasteiger partial charge in [-0.25, -0.2) is 0 Å². The molecule has 0 N–H and O–H groups in total. The van der Waals surface area contributed by atoms with E-state index in [1.54, 1.807) is 0 Å². The van der Waals surface area contributed by atoms with E-state index in [1.807, 2.05) is 6.08 Å². The third-order valence-electron chi connectivity index (χ3n) is 1.67. The Morgan fingerprint density at radius 2 is 1.42 bits per heavy atom. The van der Waals surface area contributed by atoms with Crippen molar-refractivity contribution < 1.29 is 0 Å². The molecule has 0 saturated carbocycles. The van der Waals surface area contributed by atoms with Gasteiger partial charge in [-0.05, 0) is 16.4 Å². The van der Waals surface area contributed by atoms with Crippen molar-refractivity contribution in [3.05, 3.63) is 24.3 Å². The van der Waals surface area contributed by atoms with Crippen LogP contribution in [0, 0.1) is 10.8 Å². The van der Waals surface area contributed by atoms with Crippen molar-refractivity contribution in [3.8, 4) is 0 Å². The average Bonchev–Trinajstić information content (AvgIpc) is 1.78. The van der Waals surface area contributed by atoms with Crippen LogP contribution in [0.4, 0.5) is 0 Å². The largest absolute Gasteiger partial charge is 0.0988 e. The van der Waals surface area contributed by atoms with Crippen LogP contribution in [-0.2, 0) is 0 Å². The Morgan fingerprint density at radius 1 is 1.00 bits per heavy atom. The molecule has 0 aromatic rings. The smallest absolute Gasteiger partial charge is 0.0135 e. The number of hydrogen-bond donors (Lipinski definition) is 0. The van der Waals surface area contributed by atoms with Crippen molar-refractivity contribution in [1.82, 2.24) is 0 Å². The number of hydrogen-bond acceptors (Lipinski definition) is 0. The summed E-state index contributed by atoms with van der Waals surface area (Å²) in [5, 5.41) is 0. The second-order valence-electron chi connectivity index (χ2n) is 5.42. The van der Waals surface area contributed by atoms with Crippen LogP contribution >= 0.6 is 0 Å².